The Hall–Kier alpha value is -1.08. The van der Waals surface area contributed by atoms with Crippen molar-refractivity contribution in [2.75, 3.05) is 5.32 Å². The third-order valence-corrected chi connectivity index (χ3v) is 3.80. The predicted molar refractivity (Wildman–Crippen MR) is 70.5 cm³/mol. The molecular weight excluding hydrogens is 342 g/mol. The second-order valence-electron chi connectivity index (χ2n) is 3.56. The largest absolute Gasteiger partial charge is 0.321 e. The lowest BCUT2D eigenvalue weighted by Crippen LogP contribution is -2.44. The molecule has 1 aromatic rings. The molecule has 2 rings (SSSR count). The molecule has 0 fully saturated rings. The Bertz CT molecular complexity index is 644. The first-order valence-electron chi connectivity index (χ1n) is 4.58. The van der Waals surface area contributed by atoms with Gasteiger partial charge in [-0.1, -0.05) is 46.4 Å². The van der Waals surface area contributed by atoms with Gasteiger partial charge in [-0.05, 0) is 0 Å². The Morgan fingerprint density at radius 3 is 2.37 bits per heavy atom. The molecule has 100 valence electrons. The number of carbonyl (C=O) groups is 2. The molecule has 1 amide bonds. The third kappa shape index (κ3) is 2.04. The summed E-state index contributed by atoms with van der Waals surface area (Å²) in [6.45, 7) is 0. The van der Waals surface area contributed by atoms with Crippen molar-refractivity contribution in [1.29, 1.82) is 0 Å². The van der Waals surface area contributed by atoms with Gasteiger partial charge in [0.15, 0.2) is 0 Å². The van der Waals surface area contributed by atoms with Gasteiger partial charge in [-0.3, -0.25) is 19.7 Å². The molecule has 1 aromatic carbocycles. The van der Waals surface area contributed by atoms with E-state index in [1.807, 2.05) is 0 Å². The van der Waals surface area contributed by atoms with Crippen molar-refractivity contribution in [3.63, 3.8) is 0 Å². The minimum atomic E-state index is -2.41. The van der Waals surface area contributed by atoms with Crippen LogP contribution in [0.25, 0.3) is 0 Å². The van der Waals surface area contributed by atoms with E-state index in [4.69, 9.17) is 46.4 Å². The summed E-state index contributed by atoms with van der Waals surface area (Å²) in [4.78, 5) is 33.5. The molecule has 0 saturated carbocycles. The summed E-state index contributed by atoms with van der Waals surface area (Å²) < 4.78 is -2.41. The minimum absolute atomic E-state index is 0.149. The van der Waals surface area contributed by atoms with Gasteiger partial charge in [0.2, 0.25) is 5.78 Å². The van der Waals surface area contributed by atoms with Gasteiger partial charge in [0.1, 0.15) is 5.02 Å². The summed E-state index contributed by atoms with van der Waals surface area (Å²) in [6.07, 6.45) is 0. The van der Waals surface area contributed by atoms with Gasteiger partial charge in [0.05, 0.1) is 21.2 Å². The van der Waals surface area contributed by atoms with Crippen LogP contribution in [0.4, 0.5) is 11.4 Å². The van der Waals surface area contributed by atoms with Crippen LogP contribution in [0.5, 0.6) is 0 Å². The molecule has 0 saturated heterocycles. The number of fused-ring (bicyclic) bond motifs is 1. The molecule has 1 N–H and O–H groups in total. The van der Waals surface area contributed by atoms with E-state index in [1.165, 1.54) is 0 Å². The first kappa shape index (κ1) is 14.3. The maximum absolute atomic E-state index is 12.0. The third-order valence-electron chi connectivity index (χ3n) is 2.43. The highest BCUT2D eigenvalue weighted by molar-refractivity contribution is 6.71. The number of rotatable bonds is 1. The summed E-state index contributed by atoms with van der Waals surface area (Å²) in [7, 11) is 0. The normalized spacial score (nSPS) is 16.8. The van der Waals surface area contributed by atoms with Crippen LogP contribution in [0.3, 0.4) is 0 Å². The number of nitro groups is 1. The van der Waals surface area contributed by atoms with Gasteiger partial charge >= 0.3 is 0 Å². The smallest absolute Gasteiger partial charge is 0.290 e. The lowest BCUT2D eigenvalue weighted by Gasteiger charge is -2.26. The fraction of sp³-hybridized carbons (Fsp3) is 0.111. The molecule has 0 radical (unpaired) electrons. The molecule has 10 heteroatoms. The molecule has 0 atom stereocenters. The number of amides is 1. The number of hydrogen-bond acceptors (Lipinski definition) is 4. The predicted octanol–water partition coefficient (Wildman–Crippen LogP) is 3.21. The number of nitrogens with one attached hydrogen (secondary N) is 1. The molecule has 0 aliphatic carbocycles. The van der Waals surface area contributed by atoms with Crippen LogP contribution in [0.1, 0.15) is 10.4 Å². The number of alkyl halides is 2. The molecule has 0 aromatic heterocycles. The second kappa shape index (κ2) is 4.49. The van der Waals surface area contributed by atoms with Crippen molar-refractivity contribution in [1.82, 2.24) is 0 Å². The molecular formula is C9H2Cl4N2O4. The van der Waals surface area contributed by atoms with Gasteiger partial charge in [0.25, 0.3) is 15.9 Å². The van der Waals surface area contributed by atoms with Crippen molar-refractivity contribution >= 4 is 69.5 Å². The monoisotopic (exact) mass is 342 g/mol. The van der Waals surface area contributed by atoms with Crippen LogP contribution in [0, 0.1) is 10.1 Å². The summed E-state index contributed by atoms with van der Waals surface area (Å²) in [5, 5.41) is 12.3. The Balaban J connectivity index is 2.81. The number of benzene rings is 1. The summed E-state index contributed by atoms with van der Waals surface area (Å²) in [6, 6.07) is 0.922. The molecule has 0 bridgehead atoms. The maximum atomic E-state index is 12.0. The Labute approximate surface area is 125 Å². The van der Waals surface area contributed by atoms with Crippen LogP contribution >= 0.6 is 46.4 Å². The summed E-state index contributed by atoms with van der Waals surface area (Å²) >= 11 is 22.7. The Morgan fingerprint density at radius 1 is 1.26 bits per heavy atom. The van der Waals surface area contributed by atoms with Gasteiger partial charge in [-0.2, -0.15) is 0 Å². The second-order valence-corrected chi connectivity index (χ2v) is 5.67. The van der Waals surface area contributed by atoms with Gasteiger partial charge in [-0.25, -0.2) is 0 Å². The molecule has 1 aliphatic rings. The number of nitrogens with zero attached hydrogens (tertiary/aromatic N) is 1. The van der Waals surface area contributed by atoms with E-state index in [0.29, 0.717) is 0 Å². The van der Waals surface area contributed by atoms with Crippen LogP contribution in [-0.4, -0.2) is 20.9 Å². The lowest BCUT2D eigenvalue weighted by atomic mass is 10.00. The highest BCUT2D eigenvalue weighted by Gasteiger charge is 2.49. The molecule has 1 aliphatic heterocycles. The van der Waals surface area contributed by atoms with Crippen LogP contribution in [-0.2, 0) is 4.79 Å². The summed E-state index contributed by atoms with van der Waals surface area (Å²) in [5.41, 5.74) is -1.12. The lowest BCUT2D eigenvalue weighted by molar-refractivity contribution is -0.384. The van der Waals surface area contributed by atoms with E-state index in [-0.39, 0.29) is 16.3 Å². The fourth-order valence-electron chi connectivity index (χ4n) is 1.53. The average Bonchev–Trinajstić information content (AvgIpc) is 2.30. The molecule has 19 heavy (non-hydrogen) atoms. The van der Waals surface area contributed by atoms with Crippen LogP contribution in [0.15, 0.2) is 6.07 Å². The molecule has 1 heterocycles. The van der Waals surface area contributed by atoms with Crippen LogP contribution < -0.4 is 5.32 Å². The van der Waals surface area contributed by atoms with Crippen molar-refractivity contribution in [2.45, 2.75) is 4.33 Å². The number of Topliss-reactive ketones (excluding diaryl/α,β-unsaturated/α-hetero) is 1. The fourth-order valence-corrected chi connectivity index (χ4v) is 2.37. The Morgan fingerprint density at radius 2 is 1.84 bits per heavy atom. The average molecular weight is 344 g/mol. The zero-order valence-electron chi connectivity index (χ0n) is 8.67. The SMILES string of the molecule is O=C1Nc2c(Cl)cc([N+](=O)[O-])c(Cl)c2C(=O)C1(Cl)Cl. The number of anilines is 1. The van der Waals surface area contributed by atoms with Gasteiger partial charge < -0.3 is 5.32 Å². The quantitative estimate of drug-likeness (QED) is 0.367. The van der Waals surface area contributed by atoms with E-state index in [9.17, 15) is 19.7 Å². The van der Waals surface area contributed by atoms with Gasteiger partial charge in [-0.15, -0.1) is 0 Å². The van der Waals surface area contributed by atoms with Crippen molar-refractivity contribution < 1.29 is 14.5 Å². The summed E-state index contributed by atoms with van der Waals surface area (Å²) in [5.74, 6) is -2.06. The van der Waals surface area contributed by atoms with Crippen molar-refractivity contribution in [3.05, 3.63) is 31.8 Å². The van der Waals surface area contributed by atoms with E-state index >= 15 is 0 Å². The molecule has 6 nitrogen and oxygen atoms in total. The number of hydrogen-bond donors (Lipinski definition) is 1. The Kier molecular flexibility index (Phi) is 3.38. The van der Waals surface area contributed by atoms with Crippen LogP contribution in [0.2, 0.25) is 10.0 Å². The van der Waals surface area contributed by atoms with Gasteiger partial charge in [0, 0.05) is 6.07 Å². The van der Waals surface area contributed by atoms with E-state index in [2.05, 4.69) is 5.32 Å². The van der Waals surface area contributed by atoms with E-state index in [0.717, 1.165) is 6.07 Å². The highest BCUT2D eigenvalue weighted by atomic mass is 35.5. The number of nitro benzene ring substituents is 1. The number of ketones is 1. The zero-order valence-corrected chi connectivity index (χ0v) is 11.7. The minimum Gasteiger partial charge on any atom is -0.321 e. The number of carbonyl (C=O) groups excluding carboxylic acids is 2. The first-order chi connectivity index (χ1) is 8.67. The van der Waals surface area contributed by atoms with Crippen molar-refractivity contribution in [3.8, 4) is 0 Å². The standard InChI is InChI=1S/C9H2Cl4N2O4/c10-2-1-3(15(18)19)5(11)4-6(2)14-8(17)9(12,13)7(4)16/h1H,(H,14,17). The highest BCUT2D eigenvalue weighted by Crippen LogP contribution is 2.45. The molecule has 0 spiro atoms. The van der Waals surface area contributed by atoms with Crippen molar-refractivity contribution in [2.24, 2.45) is 0 Å². The molecule has 0 unspecified atom stereocenters. The van der Waals surface area contributed by atoms with E-state index in [1.54, 1.807) is 0 Å². The topological polar surface area (TPSA) is 89.3 Å². The maximum Gasteiger partial charge on any atom is 0.290 e. The first-order valence-corrected chi connectivity index (χ1v) is 6.09. The number of halogens is 4. The zero-order chi connectivity index (χ0) is 14.5. The van der Waals surface area contributed by atoms with E-state index < -0.39 is 31.7 Å².